The summed E-state index contributed by atoms with van der Waals surface area (Å²) < 4.78 is 21.3. The lowest BCUT2D eigenvalue weighted by Crippen LogP contribution is -2.30. The van der Waals surface area contributed by atoms with Crippen LogP contribution >= 0.6 is 0 Å². The minimum atomic E-state index is -0.291. The Labute approximate surface area is 154 Å². The molecular weight excluding hydrogens is 334 g/mol. The second kappa shape index (κ2) is 9.68. The van der Waals surface area contributed by atoms with E-state index in [0.717, 1.165) is 16.9 Å². The average Bonchev–Trinajstić information content (AvgIpc) is 2.68. The van der Waals surface area contributed by atoms with Crippen LogP contribution in [0.25, 0.3) is 0 Å². The minimum Gasteiger partial charge on any atom is -0.496 e. The van der Waals surface area contributed by atoms with Gasteiger partial charge in [-0.15, -0.1) is 0 Å². The highest BCUT2D eigenvalue weighted by Crippen LogP contribution is 2.28. The summed E-state index contributed by atoms with van der Waals surface area (Å²) in [7, 11) is 6.36. The molecule has 140 valence electrons. The van der Waals surface area contributed by atoms with Gasteiger partial charge in [-0.2, -0.15) is 0 Å². The van der Waals surface area contributed by atoms with Crippen LogP contribution in [0.5, 0.6) is 17.2 Å². The van der Waals surface area contributed by atoms with E-state index < -0.39 is 0 Å². The van der Waals surface area contributed by atoms with E-state index in [9.17, 15) is 4.79 Å². The number of carbonyl (C=O) groups excluding carboxylic acids is 1. The summed E-state index contributed by atoms with van der Waals surface area (Å²) in [6, 6.07) is 13.0. The van der Waals surface area contributed by atoms with Crippen molar-refractivity contribution in [2.75, 3.05) is 35.0 Å². The Morgan fingerprint density at radius 1 is 0.923 bits per heavy atom. The van der Waals surface area contributed by atoms with Crippen molar-refractivity contribution in [3.63, 3.8) is 0 Å². The van der Waals surface area contributed by atoms with Gasteiger partial charge in [-0.25, -0.2) is 0 Å². The van der Waals surface area contributed by atoms with Gasteiger partial charge in [0.05, 0.1) is 27.8 Å². The first kappa shape index (κ1) is 19.6. The second-order valence-corrected chi connectivity index (χ2v) is 5.64. The smallest absolute Gasteiger partial charge is 0.224 e. The fourth-order valence-corrected chi connectivity index (χ4v) is 2.70. The molecule has 0 saturated carbocycles. The molecule has 0 radical (unpaired) electrons. The number of hydrogen-bond acceptors (Lipinski definition) is 5. The molecule has 6 nitrogen and oxygen atoms in total. The molecule has 2 rings (SSSR count). The van der Waals surface area contributed by atoms with Crippen molar-refractivity contribution in [2.45, 2.75) is 12.5 Å². The van der Waals surface area contributed by atoms with Gasteiger partial charge in [0.25, 0.3) is 0 Å². The molecule has 1 atom stereocenters. The highest BCUT2D eigenvalue weighted by Gasteiger charge is 2.16. The zero-order valence-electron chi connectivity index (χ0n) is 15.6. The Hall–Kier alpha value is -2.73. The predicted molar refractivity (Wildman–Crippen MR) is 99.0 cm³/mol. The molecule has 1 N–H and O–H groups in total. The molecule has 0 spiro atoms. The normalized spacial score (nSPS) is 11.5. The maximum Gasteiger partial charge on any atom is 0.224 e. The number of para-hydroxylation sites is 1. The summed E-state index contributed by atoms with van der Waals surface area (Å²) in [4.78, 5) is 12.3. The van der Waals surface area contributed by atoms with E-state index in [1.54, 1.807) is 40.6 Å². The summed E-state index contributed by atoms with van der Waals surface area (Å²) in [6.07, 6.45) is -0.0524. The molecule has 2 aromatic carbocycles. The molecule has 0 aliphatic heterocycles. The van der Waals surface area contributed by atoms with Crippen molar-refractivity contribution in [1.29, 1.82) is 0 Å². The minimum absolute atomic E-state index is 0.103. The predicted octanol–water partition coefficient (Wildman–Crippen LogP) is 2.76. The van der Waals surface area contributed by atoms with Crippen LogP contribution in [-0.4, -0.2) is 40.9 Å². The third-order valence-electron chi connectivity index (χ3n) is 4.07. The van der Waals surface area contributed by atoms with Gasteiger partial charge < -0.3 is 24.3 Å². The highest BCUT2D eigenvalue weighted by molar-refractivity contribution is 5.78. The van der Waals surface area contributed by atoms with E-state index >= 15 is 0 Å². The first-order valence-electron chi connectivity index (χ1n) is 8.26. The summed E-state index contributed by atoms with van der Waals surface area (Å²) in [5.41, 5.74) is 1.73. The van der Waals surface area contributed by atoms with E-state index in [-0.39, 0.29) is 18.4 Å². The van der Waals surface area contributed by atoms with Gasteiger partial charge >= 0.3 is 0 Å². The molecule has 0 aliphatic rings. The number of nitrogens with one attached hydrogen (secondary N) is 1. The number of ether oxygens (including phenoxy) is 4. The number of methoxy groups -OCH3 is 4. The van der Waals surface area contributed by atoms with Crippen molar-refractivity contribution in [3.8, 4) is 17.2 Å². The molecular formula is C20H25NO5. The molecule has 6 heteroatoms. The zero-order chi connectivity index (χ0) is 18.9. The summed E-state index contributed by atoms with van der Waals surface area (Å²) in [5, 5.41) is 2.91. The molecule has 2 aromatic rings. The Bertz CT molecular complexity index is 732. The van der Waals surface area contributed by atoms with Crippen molar-refractivity contribution in [1.82, 2.24) is 5.32 Å². The third-order valence-corrected chi connectivity index (χ3v) is 4.07. The lowest BCUT2D eigenvalue weighted by atomic mass is 10.1. The van der Waals surface area contributed by atoms with E-state index in [2.05, 4.69) is 5.32 Å². The standard InChI is InChI=1S/C20H25NO5/c1-23-16-8-6-5-7-15(16)19(26-4)13-21-20(22)12-14-9-10-17(24-2)18(11-14)25-3/h5-11,19H,12-13H2,1-4H3,(H,21,22). The Morgan fingerprint density at radius 3 is 2.27 bits per heavy atom. The quantitative estimate of drug-likeness (QED) is 0.746. The Morgan fingerprint density at radius 2 is 1.62 bits per heavy atom. The largest absolute Gasteiger partial charge is 0.496 e. The molecule has 1 unspecified atom stereocenters. The van der Waals surface area contributed by atoms with E-state index in [4.69, 9.17) is 18.9 Å². The lowest BCUT2D eigenvalue weighted by molar-refractivity contribution is -0.121. The van der Waals surface area contributed by atoms with E-state index in [0.29, 0.717) is 18.0 Å². The summed E-state index contributed by atoms with van der Waals surface area (Å²) in [5.74, 6) is 1.86. The first-order valence-corrected chi connectivity index (χ1v) is 8.26. The maximum absolute atomic E-state index is 12.3. The number of amides is 1. The number of benzene rings is 2. The van der Waals surface area contributed by atoms with Gasteiger partial charge in [-0.3, -0.25) is 4.79 Å². The fourth-order valence-electron chi connectivity index (χ4n) is 2.70. The average molecular weight is 359 g/mol. The SMILES string of the molecule is COc1ccc(CC(=O)NCC(OC)c2ccccc2OC)cc1OC. The zero-order valence-corrected chi connectivity index (χ0v) is 15.6. The van der Waals surface area contributed by atoms with Crippen LogP contribution in [0.2, 0.25) is 0 Å². The van der Waals surface area contributed by atoms with Crippen LogP contribution in [-0.2, 0) is 16.0 Å². The van der Waals surface area contributed by atoms with Crippen LogP contribution in [0.15, 0.2) is 42.5 Å². The number of carbonyl (C=O) groups is 1. The first-order chi connectivity index (χ1) is 12.6. The van der Waals surface area contributed by atoms with Gasteiger partial charge in [0, 0.05) is 19.2 Å². The third kappa shape index (κ3) is 4.89. The number of hydrogen-bond donors (Lipinski definition) is 1. The number of rotatable bonds is 9. The molecule has 0 aliphatic carbocycles. The molecule has 26 heavy (non-hydrogen) atoms. The molecule has 0 heterocycles. The van der Waals surface area contributed by atoms with E-state index in [1.807, 2.05) is 30.3 Å². The maximum atomic E-state index is 12.3. The van der Waals surface area contributed by atoms with Crippen molar-refractivity contribution >= 4 is 5.91 Å². The molecule has 0 saturated heterocycles. The molecule has 0 aromatic heterocycles. The van der Waals surface area contributed by atoms with Crippen LogP contribution < -0.4 is 19.5 Å². The monoisotopic (exact) mass is 359 g/mol. The van der Waals surface area contributed by atoms with Gasteiger partial charge in [0.1, 0.15) is 11.9 Å². The summed E-state index contributed by atoms with van der Waals surface area (Å²) in [6.45, 7) is 0.350. The molecule has 0 fully saturated rings. The van der Waals surface area contributed by atoms with Crippen LogP contribution in [0.4, 0.5) is 0 Å². The molecule has 0 bridgehead atoms. The van der Waals surface area contributed by atoms with Crippen molar-refractivity contribution in [3.05, 3.63) is 53.6 Å². The van der Waals surface area contributed by atoms with Gasteiger partial charge in [0.2, 0.25) is 5.91 Å². The van der Waals surface area contributed by atoms with Gasteiger partial charge in [0.15, 0.2) is 11.5 Å². The summed E-state index contributed by atoms with van der Waals surface area (Å²) >= 11 is 0. The van der Waals surface area contributed by atoms with E-state index in [1.165, 1.54) is 0 Å². The Kier molecular flexibility index (Phi) is 7.29. The van der Waals surface area contributed by atoms with Crippen molar-refractivity contribution < 1.29 is 23.7 Å². The second-order valence-electron chi connectivity index (χ2n) is 5.64. The van der Waals surface area contributed by atoms with Crippen LogP contribution in [0.3, 0.4) is 0 Å². The topological polar surface area (TPSA) is 66.0 Å². The van der Waals surface area contributed by atoms with Gasteiger partial charge in [-0.1, -0.05) is 24.3 Å². The van der Waals surface area contributed by atoms with Crippen molar-refractivity contribution in [2.24, 2.45) is 0 Å². The van der Waals surface area contributed by atoms with Gasteiger partial charge in [-0.05, 0) is 23.8 Å². The highest BCUT2D eigenvalue weighted by atomic mass is 16.5. The van der Waals surface area contributed by atoms with Crippen LogP contribution in [0.1, 0.15) is 17.2 Å². The Balaban J connectivity index is 1.99. The fraction of sp³-hybridized carbons (Fsp3) is 0.350. The lowest BCUT2D eigenvalue weighted by Gasteiger charge is -2.19. The molecule has 1 amide bonds. The van der Waals surface area contributed by atoms with Crippen LogP contribution in [0, 0.1) is 0 Å².